The van der Waals surface area contributed by atoms with Gasteiger partial charge in [-0.25, -0.2) is 4.57 Å². The second kappa shape index (κ2) is 35.5. The molecule has 1 aliphatic heterocycles. The van der Waals surface area contributed by atoms with Gasteiger partial charge in [0.2, 0.25) is 5.91 Å². The molecule has 12 nitrogen and oxygen atoms in total. The molecular formula is C45H88NO11P. The summed E-state index contributed by atoms with van der Waals surface area (Å²) in [6, 6.07) is -1.47. The Hall–Kier alpha value is -1.11. The van der Waals surface area contributed by atoms with Crippen LogP contribution in [0.1, 0.15) is 226 Å². The molecule has 344 valence electrons. The van der Waals surface area contributed by atoms with Crippen LogP contribution in [0.3, 0.4) is 0 Å². The maximum atomic E-state index is 13.7. The van der Waals surface area contributed by atoms with E-state index in [0.29, 0.717) is 6.42 Å². The van der Waals surface area contributed by atoms with E-state index in [2.05, 4.69) is 26.1 Å². The number of carbonyl (C=O) groups is 2. The minimum Gasteiger partial charge on any atom is -0.457 e. The van der Waals surface area contributed by atoms with Crippen molar-refractivity contribution in [1.82, 2.24) is 5.32 Å². The standard InChI is InChI=1S/C45H88NO11P/c1-4-7-10-13-16-19-21-23-26-29-32-37(31-28-25-22-18-15-12-9-6-3)34-41(50)56-44-42(45(51)55-39(36-47)43(44)57-58(52,53)54)46-40(49)35-38(48)33-30-27-24-20-17-14-11-8-5-2/h37-39,42-45,47-48,51H,4-36H2,1-3H3,(H,46,49)(H2,52,53,54)/t37?,38?,39-,42-,43-,44-,45?/m1/s1. The van der Waals surface area contributed by atoms with E-state index in [1.165, 1.54) is 109 Å². The summed E-state index contributed by atoms with van der Waals surface area (Å²) >= 11 is 0. The molecule has 0 bridgehead atoms. The van der Waals surface area contributed by atoms with Crippen molar-refractivity contribution in [2.45, 2.75) is 263 Å². The number of unbranched alkanes of at least 4 members (excludes halogenated alkanes) is 24. The molecule has 1 fully saturated rings. The predicted molar refractivity (Wildman–Crippen MR) is 231 cm³/mol. The zero-order valence-electron chi connectivity index (χ0n) is 37.0. The lowest BCUT2D eigenvalue weighted by molar-refractivity contribution is -0.256. The van der Waals surface area contributed by atoms with Crippen LogP contribution >= 0.6 is 7.82 Å². The third-order valence-electron chi connectivity index (χ3n) is 11.6. The number of phosphoric acid groups is 1. The number of ether oxygens (including phenoxy) is 2. The van der Waals surface area contributed by atoms with Crippen LogP contribution in [0.4, 0.5) is 0 Å². The average molecular weight is 850 g/mol. The van der Waals surface area contributed by atoms with Crippen molar-refractivity contribution in [2.75, 3.05) is 6.61 Å². The molecule has 1 saturated heterocycles. The van der Waals surface area contributed by atoms with E-state index in [0.717, 1.165) is 77.0 Å². The predicted octanol–water partition coefficient (Wildman–Crippen LogP) is 10.1. The van der Waals surface area contributed by atoms with Crippen LogP contribution in [0.5, 0.6) is 0 Å². The van der Waals surface area contributed by atoms with Gasteiger partial charge >= 0.3 is 13.8 Å². The van der Waals surface area contributed by atoms with Crippen LogP contribution in [0.25, 0.3) is 0 Å². The summed E-state index contributed by atoms with van der Waals surface area (Å²) in [5.41, 5.74) is 0. The molecule has 1 aliphatic rings. The van der Waals surface area contributed by atoms with Crippen molar-refractivity contribution < 1.29 is 53.3 Å². The molecule has 0 aromatic carbocycles. The maximum Gasteiger partial charge on any atom is 0.470 e. The molecule has 0 saturated carbocycles. The summed E-state index contributed by atoms with van der Waals surface area (Å²) in [5.74, 6) is -1.26. The number of hydrogen-bond acceptors (Lipinski definition) is 9. The Morgan fingerprint density at radius 1 is 0.621 bits per heavy atom. The maximum absolute atomic E-state index is 13.7. The molecule has 58 heavy (non-hydrogen) atoms. The Morgan fingerprint density at radius 3 is 1.41 bits per heavy atom. The third-order valence-corrected chi connectivity index (χ3v) is 12.2. The van der Waals surface area contributed by atoms with Gasteiger partial charge in [-0.3, -0.25) is 14.1 Å². The summed E-state index contributed by atoms with van der Waals surface area (Å²) in [6.07, 6.45) is 26.0. The number of hydrogen-bond donors (Lipinski definition) is 6. The van der Waals surface area contributed by atoms with E-state index in [1.54, 1.807) is 0 Å². The van der Waals surface area contributed by atoms with Crippen molar-refractivity contribution in [3.63, 3.8) is 0 Å². The first-order valence-corrected chi connectivity index (χ1v) is 25.3. The summed E-state index contributed by atoms with van der Waals surface area (Å²) in [5, 5.41) is 34.2. The smallest absolute Gasteiger partial charge is 0.457 e. The van der Waals surface area contributed by atoms with E-state index < -0.39 is 63.1 Å². The van der Waals surface area contributed by atoms with Gasteiger partial charge in [0.05, 0.1) is 19.1 Å². The topological polar surface area (TPSA) is 192 Å². The van der Waals surface area contributed by atoms with Crippen molar-refractivity contribution in [1.29, 1.82) is 0 Å². The zero-order valence-corrected chi connectivity index (χ0v) is 37.9. The fourth-order valence-electron chi connectivity index (χ4n) is 8.17. The highest BCUT2D eigenvalue weighted by molar-refractivity contribution is 7.46. The normalized spacial score (nSPS) is 20.9. The second-order valence-electron chi connectivity index (χ2n) is 17.1. The molecule has 1 rings (SSSR count). The Balaban J connectivity index is 2.91. The van der Waals surface area contributed by atoms with Crippen LogP contribution < -0.4 is 5.32 Å². The fraction of sp³-hybridized carbons (Fsp3) is 0.956. The lowest BCUT2D eigenvalue weighted by Gasteiger charge is -2.43. The largest absolute Gasteiger partial charge is 0.470 e. The van der Waals surface area contributed by atoms with Gasteiger partial charge in [-0.2, -0.15) is 0 Å². The van der Waals surface area contributed by atoms with Crippen molar-refractivity contribution >= 4 is 19.7 Å². The van der Waals surface area contributed by atoms with Gasteiger partial charge in [-0.1, -0.05) is 194 Å². The lowest BCUT2D eigenvalue weighted by Crippen LogP contribution is -2.65. The molecule has 1 heterocycles. The molecule has 13 heteroatoms. The summed E-state index contributed by atoms with van der Waals surface area (Å²) in [7, 11) is -5.21. The quantitative estimate of drug-likeness (QED) is 0.0196. The highest BCUT2D eigenvalue weighted by atomic mass is 31.2. The monoisotopic (exact) mass is 850 g/mol. The summed E-state index contributed by atoms with van der Waals surface area (Å²) in [6.45, 7) is 5.84. The van der Waals surface area contributed by atoms with Gasteiger partial charge in [0, 0.05) is 6.42 Å². The van der Waals surface area contributed by atoms with Gasteiger partial charge in [-0.15, -0.1) is 0 Å². The fourth-order valence-corrected chi connectivity index (χ4v) is 8.74. The molecule has 0 aromatic rings. The van der Waals surface area contributed by atoms with Gasteiger partial charge in [0.1, 0.15) is 18.2 Å². The van der Waals surface area contributed by atoms with Crippen LogP contribution in [0, 0.1) is 5.92 Å². The van der Waals surface area contributed by atoms with Gasteiger partial charge < -0.3 is 39.9 Å². The Morgan fingerprint density at radius 2 is 1.02 bits per heavy atom. The lowest BCUT2D eigenvalue weighted by atomic mass is 9.91. The first-order valence-electron chi connectivity index (χ1n) is 23.8. The van der Waals surface area contributed by atoms with E-state index in [-0.39, 0.29) is 18.8 Å². The third kappa shape index (κ3) is 28.4. The number of amides is 1. The molecule has 0 spiro atoms. The number of aliphatic hydroxyl groups is 3. The van der Waals surface area contributed by atoms with Crippen molar-refractivity contribution in [3.8, 4) is 0 Å². The van der Waals surface area contributed by atoms with Gasteiger partial charge in [0.25, 0.3) is 0 Å². The molecule has 0 aliphatic carbocycles. The highest BCUT2D eigenvalue weighted by Gasteiger charge is 2.51. The van der Waals surface area contributed by atoms with E-state index in [4.69, 9.17) is 14.0 Å². The van der Waals surface area contributed by atoms with E-state index >= 15 is 0 Å². The number of nitrogens with one attached hydrogen (secondary N) is 1. The van der Waals surface area contributed by atoms with Crippen LogP contribution in [-0.4, -0.2) is 80.3 Å². The first kappa shape index (κ1) is 54.9. The molecule has 6 N–H and O–H groups in total. The van der Waals surface area contributed by atoms with Gasteiger partial charge in [0.15, 0.2) is 12.4 Å². The van der Waals surface area contributed by atoms with E-state index in [9.17, 15) is 39.3 Å². The minimum atomic E-state index is -5.21. The molecular weight excluding hydrogens is 761 g/mol. The number of esters is 1. The molecule has 1 amide bonds. The van der Waals surface area contributed by atoms with Crippen LogP contribution in [0.15, 0.2) is 0 Å². The second-order valence-corrected chi connectivity index (χ2v) is 18.3. The Kier molecular flexibility index (Phi) is 33.6. The SMILES string of the molecule is CCCCCCCCCCCCC(CCCCCCCCCC)CC(=O)O[C@H]1[C@H](OP(=O)(O)O)[C@@H](CO)OC(O)[C@@H]1NC(=O)CC(O)CCCCCCCCCCC. The molecule has 0 aromatic heterocycles. The molecule has 7 atom stereocenters. The number of carbonyl (C=O) groups excluding carboxylic acids is 2. The average Bonchev–Trinajstić information content (AvgIpc) is 3.17. The van der Waals surface area contributed by atoms with Crippen molar-refractivity contribution in [2.24, 2.45) is 5.92 Å². The minimum absolute atomic E-state index is 0.0328. The number of aliphatic hydroxyl groups excluding tert-OH is 3. The van der Waals surface area contributed by atoms with Gasteiger partial charge in [-0.05, 0) is 25.2 Å². The first-order chi connectivity index (χ1) is 27.9. The Bertz CT molecular complexity index is 1050. The van der Waals surface area contributed by atoms with E-state index in [1.807, 2.05) is 0 Å². The zero-order chi connectivity index (χ0) is 42.9. The van der Waals surface area contributed by atoms with Crippen LogP contribution in [-0.2, 0) is 28.2 Å². The summed E-state index contributed by atoms with van der Waals surface area (Å²) in [4.78, 5) is 46.4. The number of phosphoric ester groups is 1. The Labute approximate surface area is 353 Å². The molecule has 0 radical (unpaired) electrons. The molecule has 3 unspecified atom stereocenters. The van der Waals surface area contributed by atoms with Crippen LogP contribution in [0.2, 0.25) is 0 Å². The highest BCUT2D eigenvalue weighted by Crippen LogP contribution is 2.42. The summed E-state index contributed by atoms with van der Waals surface area (Å²) < 4.78 is 28.4. The number of rotatable bonds is 39. The van der Waals surface area contributed by atoms with Crippen molar-refractivity contribution in [3.05, 3.63) is 0 Å².